The first-order chi connectivity index (χ1) is 16.0. The highest BCUT2D eigenvalue weighted by Gasteiger charge is 2.26. The van der Waals surface area contributed by atoms with E-state index < -0.39 is 5.97 Å². The highest BCUT2D eigenvalue weighted by atomic mass is 32.1. The summed E-state index contributed by atoms with van der Waals surface area (Å²) in [5.74, 6) is -0.539. The predicted octanol–water partition coefficient (Wildman–Crippen LogP) is 3.50. The Labute approximate surface area is 195 Å². The molecule has 8 nitrogen and oxygen atoms in total. The van der Waals surface area contributed by atoms with Gasteiger partial charge in [0.1, 0.15) is 10.6 Å². The SMILES string of the molecule is COC(=O)c1c(-c2ccc(C)cc2)csc1NC(=O)CN1CCN(C(=O)c2ccco2)CC1. The van der Waals surface area contributed by atoms with Crippen LogP contribution in [0.1, 0.15) is 26.5 Å². The van der Waals surface area contributed by atoms with Crippen LogP contribution in [0, 0.1) is 6.92 Å². The number of nitrogens with one attached hydrogen (secondary N) is 1. The number of ether oxygens (including phenoxy) is 1. The summed E-state index contributed by atoms with van der Waals surface area (Å²) in [6.07, 6.45) is 1.48. The van der Waals surface area contributed by atoms with E-state index in [0.29, 0.717) is 42.5 Å². The molecule has 9 heteroatoms. The zero-order valence-electron chi connectivity index (χ0n) is 18.5. The van der Waals surface area contributed by atoms with Crippen molar-refractivity contribution >= 4 is 34.1 Å². The maximum Gasteiger partial charge on any atom is 0.341 e. The molecule has 4 rings (SSSR count). The molecule has 172 valence electrons. The zero-order valence-corrected chi connectivity index (χ0v) is 19.3. The van der Waals surface area contributed by atoms with Gasteiger partial charge in [0.25, 0.3) is 5.91 Å². The topological polar surface area (TPSA) is 92.1 Å². The van der Waals surface area contributed by atoms with Gasteiger partial charge in [0, 0.05) is 37.1 Å². The number of nitrogens with zero attached hydrogens (tertiary/aromatic N) is 2. The summed E-state index contributed by atoms with van der Waals surface area (Å²) in [6, 6.07) is 11.2. The molecule has 1 fully saturated rings. The van der Waals surface area contributed by atoms with Crippen molar-refractivity contribution in [2.45, 2.75) is 6.92 Å². The van der Waals surface area contributed by atoms with Crippen molar-refractivity contribution in [1.82, 2.24) is 9.80 Å². The monoisotopic (exact) mass is 467 g/mol. The van der Waals surface area contributed by atoms with Gasteiger partial charge in [0.05, 0.1) is 19.9 Å². The molecular weight excluding hydrogens is 442 g/mol. The molecule has 0 saturated carbocycles. The van der Waals surface area contributed by atoms with Crippen LogP contribution in [0.2, 0.25) is 0 Å². The number of hydrogen-bond donors (Lipinski definition) is 1. The number of esters is 1. The van der Waals surface area contributed by atoms with Crippen LogP contribution in [0.4, 0.5) is 5.00 Å². The lowest BCUT2D eigenvalue weighted by Gasteiger charge is -2.33. The van der Waals surface area contributed by atoms with E-state index in [-0.39, 0.29) is 18.4 Å². The Morgan fingerprint density at radius 2 is 1.82 bits per heavy atom. The van der Waals surface area contributed by atoms with Crippen LogP contribution in [-0.4, -0.2) is 67.4 Å². The first kappa shape index (κ1) is 22.8. The summed E-state index contributed by atoms with van der Waals surface area (Å²) in [5, 5.41) is 5.19. The van der Waals surface area contributed by atoms with Crippen molar-refractivity contribution in [3.05, 3.63) is 64.9 Å². The summed E-state index contributed by atoms with van der Waals surface area (Å²) in [7, 11) is 1.33. The molecule has 0 spiro atoms. The highest BCUT2D eigenvalue weighted by Crippen LogP contribution is 2.36. The number of amides is 2. The first-order valence-electron chi connectivity index (χ1n) is 10.6. The van der Waals surface area contributed by atoms with E-state index in [2.05, 4.69) is 5.32 Å². The maximum absolute atomic E-state index is 12.7. The average Bonchev–Trinajstić information content (AvgIpc) is 3.50. The third-order valence-electron chi connectivity index (χ3n) is 5.55. The molecule has 0 radical (unpaired) electrons. The molecule has 1 aromatic carbocycles. The van der Waals surface area contributed by atoms with Crippen molar-refractivity contribution in [2.75, 3.05) is 45.2 Å². The number of carbonyl (C=O) groups excluding carboxylic acids is 3. The molecule has 2 aromatic heterocycles. The summed E-state index contributed by atoms with van der Waals surface area (Å²) < 4.78 is 10.2. The van der Waals surface area contributed by atoms with Crippen LogP contribution in [0.15, 0.2) is 52.5 Å². The van der Waals surface area contributed by atoms with E-state index in [1.807, 2.05) is 41.5 Å². The number of piperazine rings is 1. The minimum absolute atomic E-state index is 0.144. The van der Waals surface area contributed by atoms with Crippen LogP contribution < -0.4 is 5.32 Å². The number of aryl methyl sites for hydroxylation is 1. The number of furan rings is 1. The highest BCUT2D eigenvalue weighted by molar-refractivity contribution is 7.15. The second-order valence-electron chi connectivity index (χ2n) is 7.80. The van der Waals surface area contributed by atoms with E-state index in [0.717, 1.165) is 16.7 Å². The molecule has 0 aliphatic carbocycles. The number of rotatable bonds is 6. The summed E-state index contributed by atoms with van der Waals surface area (Å²) in [6.45, 7) is 4.33. The van der Waals surface area contributed by atoms with Gasteiger partial charge in [-0.1, -0.05) is 29.8 Å². The van der Waals surface area contributed by atoms with Crippen LogP contribution in [0.3, 0.4) is 0 Å². The van der Waals surface area contributed by atoms with Crippen LogP contribution >= 0.6 is 11.3 Å². The number of methoxy groups -OCH3 is 1. The Hall–Kier alpha value is -3.43. The molecule has 1 aliphatic rings. The molecule has 0 bridgehead atoms. The second kappa shape index (κ2) is 10.0. The Bertz CT molecular complexity index is 1130. The molecule has 2 amide bonds. The van der Waals surface area contributed by atoms with Crippen LogP contribution in [-0.2, 0) is 9.53 Å². The number of benzene rings is 1. The van der Waals surface area contributed by atoms with Gasteiger partial charge in [0.2, 0.25) is 5.91 Å². The smallest absolute Gasteiger partial charge is 0.341 e. The van der Waals surface area contributed by atoms with Gasteiger partial charge >= 0.3 is 5.97 Å². The largest absolute Gasteiger partial charge is 0.465 e. The van der Waals surface area contributed by atoms with Crippen LogP contribution in [0.25, 0.3) is 11.1 Å². The molecule has 0 atom stereocenters. The second-order valence-corrected chi connectivity index (χ2v) is 8.68. The van der Waals surface area contributed by atoms with Crippen molar-refractivity contribution in [2.24, 2.45) is 0 Å². The molecule has 1 aliphatic heterocycles. The van der Waals surface area contributed by atoms with Gasteiger partial charge in [-0.2, -0.15) is 0 Å². The quantitative estimate of drug-likeness (QED) is 0.558. The number of thiophene rings is 1. The molecule has 33 heavy (non-hydrogen) atoms. The third kappa shape index (κ3) is 5.15. The fourth-order valence-corrected chi connectivity index (χ4v) is 4.71. The minimum atomic E-state index is -0.493. The van der Waals surface area contributed by atoms with Crippen molar-refractivity contribution in [1.29, 1.82) is 0 Å². The van der Waals surface area contributed by atoms with Crippen molar-refractivity contribution in [3.8, 4) is 11.1 Å². The van der Waals surface area contributed by atoms with Gasteiger partial charge in [-0.05, 0) is 24.6 Å². The Morgan fingerprint density at radius 3 is 2.45 bits per heavy atom. The minimum Gasteiger partial charge on any atom is -0.465 e. The number of anilines is 1. The molecule has 0 unspecified atom stereocenters. The third-order valence-corrected chi connectivity index (χ3v) is 6.45. The molecule has 1 N–H and O–H groups in total. The van der Waals surface area contributed by atoms with Crippen molar-refractivity contribution < 1.29 is 23.5 Å². The Kier molecular flexibility index (Phi) is 6.90. The molecule has 3 aromatic rings. The van der Waals surface area contributed by atoms with E-state index in [9.17, 15) is 14.4 Å². The summed E-state index contributed by atoms with van der Waals surface area (Å²) in [4.78, 5) is 41.3. The fourth-order valence-electron chi connectivity index (χ4n) is 3.73. The fraction of sp³-hybridized carbons (Fsp3) is 0.292. The predicted molar refractivity (Wildman–Crippen MR) is 126 cm³/mol. The number of hydrogen-bond acceptors (Lipinski definition) is 7. The van der Waals surface area contributed by atoms with Crippen molar-refractivity contribution in [3.63, 3.8) is 0 Å². The molecular formula is C24H25N3O5S. The van der Waals surface area contributed by atoms with E-state index >= 15 is 0 Å². The Balaban J connectivity index is 1.39. The lowest BCUT2D eigenvalue weighted by Crippen LogP contribution is -2.50. The average molecular weight is 468 g/mol. The Morgan fingerprint density at radius 1 is 1.09 bits per heavy atom. The van der Waals surface area contributed by atoms with Gasteiger partial charge in [-0.15, -0.1) is 11.3 Å². The van der Waals surface area contributed by atoms with Gasteiger partial charge in [-0.3, -0.25) is 14.5 Å². The zero-order chi connectivity index (χ0) is 23.4. The summed E-state index contributed by atoms with van der Waals surface area (Å²) >= 11 is 1.30. The standard InChI is InChI=1S/C24H25N3O5S/c1-16-5-7-17(8-6-16)18-15-33-22(21(18)24(30)31-2)25-20(28)14-26-9-11-27(12-10-26)23(29)19-4-3-13-32-19/h3-8,13,15H,9-12,14H2,1-2H3,(H,25,28). The first-order valence-corrected chi connectivity index (χ1v) is 11.5. The lowest BCUT2D eigenvalue weighted by atomic mass is 10.0. The molecule has 3 heterocycles. The normalized spacial score (nSPS) is 14.2. The van der Waals surface area contributed by atoms with E-state index in [1.54, 1.807) is 17.0 Å². The van der Waals surface area contributed by atoms with E-state index in [1.165, 1.54) is 24.7 Å². The van der Waals surface area contributed by atoms with Gasteiger partial charge in [-0.25, -0.2) is 4.79 Å². The number of carbonyl (C=O) groups is 3. The van der Waals surface area contributed by atoms with Crippen LogP contribution in [0.5, 0.6) is 0 Å². The van der Waals surface area contributed by atoms with E-state index in [4.69, 9.17) is 9.15 Å². The maximum atomic E-state index is 12.7. The molecule has 1 saturated heterocycles. The lowest BCUT2D eigenvalue weighted by molar-refractivity contribution is -0.117. The van der Waals surface area contributed by atoms with Gasteiger partial charge < -0.3 is 19.4 Å². The summed E-state index contributed by atoms with van der Waals surface area (Å²) in [5.41, 5.74) is 3.09. The van der Waals surface area contributed by atoms with Gasteiger partial charge in [0.15, 0.2) is 5.76 Å².